The molecular formula is C10H22N2O. The summed E-state index contributed by atoms with van der Waals surface area (Å²) in [6, 6.07) is 0.541. The molecule has 0 radical (unpaired) electrons. The fraction of sp³-hybridized carbons (Fsp3) is 1.00. The molecule has 78 valence electrons. The van der Waals surface area contributed by atoms with E-state index in [-0.39, 0.29) is 6.10 Å². The first kappa shape index (κ1) is 11.0. The Morgan fingerprint density at radius 3 is 2.85 bits per heavy atom. The van der Waals surface area contributed by atoms with Gasteiger partial charge in [-0.25, -0.2) is 0 Å². The van der Waals surface area contributed by atoms with Crippen LogP contribution in [0.4, 0.5) is 0 Å². The Bertz CT molecular complexity index is 150. The number of rotatable bonds is 4. The van der Waals surface area contributed by atoms with Gasteiger partial charge in [0.2, 0.25) is 0 Å². The van der Waals surface area contributed by atoms with Gasteiger partial charge in [0.25, 0.3) is 0 Å². The monoisotopic (exact) mass is 186 g/mol. The molecule has 3 unspecified atom stereocenters. The van der Waals surface area contributed by atoms with E-state index >= 15 is 0 Å². The summed E-state index contributed by atoms with van der Waals surface area (Å²) in [6.07, 6.45) is 1.93. The summed E-state index contributed by atoms with van der Waals surface area (Å²) in [5, 5.41) is 9.18. The minimum atomic E-state index is -0.186. The van der Waals surface area contributed by atoms with Gasteiger partial charge < -0.3 is 10.8 Å². The van der Waals surface area contributed by atoms with Crippen molar-refractivity contribution in [3.63, 3.8) is 0 Å². The Kier molecular flexibility index (Phi) is 4.16. The first-order chi connectivity index (χ1) is 6.15. The second-order valence-electron chi connectivity index (χ2n) is 4.24. The van der Waals surface area contributed by atoms with E-state index in [2.05, 4.69) is 11.8 Å². The van der Waals surface area contributed by atoms with Crippen molar-refractivity contribution in [2.75, 3.05) is 19.6 Å². The molecule has 1 rings (SSSR count). The van der Waals surface area contributed by atoms with E-state index in [1.807, 2.05) is 6.92 Å². The maximum absolute atomic E-state index is 9.18. The highest BCUT2D eigenvalue weighted by Crippen LogP contribution is 2.23. The fourth-order valence-electron chi connectivity index (χ4n) is 2.10. The molecule has 3 atom stereocenters. The van der Waals surface area contributed by atoms with Gasteiger partial charge in [0, 0.05) is 19.1 Å². The molecule has 3 heteroatoms. The van der Waals surface area contributed by atoms with Crippen molar-refractivity contribution in [3.8, 4) is 0 Å². The molecule has 1 fully saturated rings. The van der Waals surface area contributed by atoms with Gasteiger partial charge in [0.1, 0.15) is 0 Å². The van der Waals surface area contributed by atoms with E-state index in [4.69, 9.17) is 5.73 Å². The first-order valence-electron chi connectivity index (χ1n) is 5.27. The first-order valence-corrected chi connectivity index (χ1v) is 5.27. The Morgan fingerprint density at radius 1 is 1.62 bits per heavy atom. The van der Waals surface area contributed by atoms with Crippen LogP contribution >= 0.6 is 0 Å². The smallest absolute Gasteiger partial charge is 0.0524 e. The van der Waals surface area contributed by atoms with Crippen molar-refractivity contribution >= 4 is 0 Å². The van der Waals surface area contributed by atoms with Crippen molar-refractivity contribution in [1.29, 1.82) is 0 Å². The predicted molar refractivity (Wildman–Crippen MR) is 54.5 cm³/mol. The lowest BCUT2D eigenvalue weighted by atomic mass is 10.0. The summed E-state index contributed by atoms with van der Waals surface area (Å²) in [5.41, 5.74) is 5.72. The predicted octanol–water partition coefficient (Wildman–Crippen LogP) is 0.426. The summed E-state index contributed by atoms with van der Waals surface area (Å²) in [6.45, 7) is 7.00. The Hall–Kier alpha value is -0.120. The van der Waals surface area contributed by atoms with Crippen LogP contribution in [0.3, 0.4) is 0 Å². The quantitative estimate of drug-likeness (QED) is 0.669. The van der Waals surface area contributed by atoms with Crippen LogP contribution in [0.2, 0.25) is 0 Å². The lowest BCUT2D eigenvalue weighted by Crippen LogP contribution is -2.39. The molecule has 0 bridgehead atoms. The molecule has 0 aromatic rings. The number of nitrogens with zero attached hydrogens (tertiary/aromatic N) is 1. The normalized spacial score (nSPS) is 32.3. The van der Waals surface area contributed by atoms with E-state index in [9.17, 15) is 5.11 Å². The van der Waals surface area contributed by atoms with E-state index in [0.717, 1.165) is 32.0 Å². The standard InChI is InChI=1S/C10H22N2O/c1-8-3-5-12(10(8)7-11)6-4-9(2)13/h8-10,13H,3-7,11H2,1-2H3. The van der Waals surface area contributed by atoms with Gasteiger partial charge in [-0.3, -0.25) is 4.90 Å². The zero-order chi connectivity index (χ0) is 9.84. The van der Waals surface area contributed by atoms with Crippen molar-refractivity contribution in [2.45, 2.75) is 38.8 Å². The molecule has 13 heavy (non-hydrogen) atoms. The highest BCUT2D eigenvalue weighted by molar-refractivity contribution is 4.85. The molecule has 0 spiro atoms. The van der Waals surface area contributed by atoms with Crippen LogP contribution in [0.15, 0.2) is 0 Å². The molecule has 1 aliphatic rings. The van der Waals surface area contributed by atoms with Crippen molar-refractivity contribution in [2.24, 2.45) is 11.7 Å². The molecule has 0 saturated carbocycles. The van der Waals surface area contributed by atoms with E-state index in [1.54, 1.807) is 0 Å². The van der Waals surface area contributed by atoms with Crippen molar-refractivity contribution < 1.29 is 5.11 Å². The lowest BCUT2D eigenvalue weighted by molar-refractivity contribution is 0.148. The second-order valence-corrected chi connectivity index (χ2v) is 4.24. The lowest BCUT2D eigenvalue weighted by Gasteiger charge is -2.25. The molecule has 0 aromatic heterocycles. The molecule has 3 N–H and O–H groups in total. The molecule has 0 amide bonds. The van der Waals surface area contributed by atoms with Gasteiger partial charge in [-0.2, -0.15) is 0 Å². The van der Waals surface area contributed by atoms with Gasteiger partial charge in [0.05, 0.1) is 6.10 Å². The van der Waals surface area contributed by atoms with Crippen LogP contribution in [0.25, 0.3) is 0 Å². The summed E-state index contributed by atoms with van der Waals surface area (Å²) < 4.78 is 0. The van der Waals surface area contributed by atoms with Gasteiger partial charge in [-0.1, -0.05) is 6.92 Å². The van der Waals surface area contributed by atoms with Crippen LogP contribution in [-0.4, -0.2) is 41.8 Å². The minimum absolute atomic E-state index is 0.186. The van der Waals surface area contributed by atoms with Gasteiger partial charge >= 0.3 is 0 Å². The molecule has 0 aliphatic carbocycles. The average Bonchev–Trinajstić information content (AvgIpc) is 2.42. The van der Waals surface area contributed by atoms with E-state index in [0.29, 0.717) is 6.04 Å². The van der Waals surface area contributed by atoms with E-state index < -0.39 is 0 Å². The Balaban J connectivity index is 2.32. The average molecular weight is 186 g/mol. The maximum atomic E-state index is 9.18. The number of aliphatic hydroxyl groups excluding tert-OH is 1. The summed E-state index contributed by atoms with van der Waals surface area (Å²) in [5.74, 6) is 0.721. The third kappa shape index (κ3) is 2.93. The summed E-state index contributed by atoms with van der Waals surface area (Å²) in [7, 11) is 0. The maximum Gasteiger partial charge on any atom is 0.0524 e. The number of nitrogens with two attached hydrogens (primary N) is 1. The third-order valence-corrected chi connectivity index (χ3v) is 3.07. The van der Waals surface area contributed by atoms with Crippen LogP contribution in [0.1, 0.15) is 26.7 Å². The topological polar surface area (TPSA) is 49.5 Å². The molecule has 3 nitrogen and oxygen atoms in total. The van der Waals surface area contributed by atoms with Crippen LogP contribution in [-0.2, 0) is 0 Å². The highest BCUT2D eigenvalue weighted by atomic mass is 16.3. The Labute approximate surface area is 80.9 Å². The third-order valence-electron chi connectivity index (χ3n) is 3.07. The van der Waals surface area contributed by atoms with Crippen molar-refractivity contribution in [3.05, 3.63) is 0 Å². The zero-order valence-corrected chi connectivity index (χ0v) is 8.74. The number of likely N-dealkylation sites (tertiary alicyclic amines) is 1. The van der Waals surface area contributed by atoms with Gasteiger partial charge in [0.15, 0.2) is 0 Å². The number of aliphatic hydroxyl groups is 1. The molecular weight excluding hydrogens is 164 g/mol. The Morgan fingerprint density at radius 2 is 2.31 bits per heavy atom. The van der Waals surface area contributed by atoms with Crippen LogP contribution in [0, 0.1) is 5.92 Å². The zero-order valence-electron chi connectivity index (χ0n) is 8.74. The van der Waals surface area contributed by atoms with Crippen LogP contribution in [0.5, 0.6) is 0 Å². The van der Waals surface area contributed by atoms with Crippen LogP contribution < -0.4 is 5.73 Å². The summed E-state index contributed by atoms with van der Waals surface area (Å²) >= 11 is 0. The molecule has 1 heterocycles. The van der Waals surface area contributed by atoms with Gasteiger partial charge in [-0.15, -0.1) is 0 Å². The highest BCUT2D eigenvalue weighted by Gasteiger charge is 2.29. The van der Waals surface area contributed by atoms with Crippen molar-refractivity contribution in [1.82, 2.24) is 4.90 Å². The second kappa shape index (κ2) is 4.94. The van der Waals surface area contributed by atoms with Gasteiger partial charge in [-0.05, 0) is 32.2 Å². The fourth-order valence-corrected chi connectivity index (χ4v) is 2.10. The molecule has 1 aliphatic heterocycles. The number of hydrogen-bond donors (Lipinski definition) is 2. The minimum Gasteiger partial charge on any atom is -0.393 e. The molecule has 1 saturated heterocycles. The summed E-state index contributed by atoms with van der Waals surface area (Å²) in [4.78, 5) is 2.41. The largest absolute Gasteiger partial charge is 0.393 e. The van der Waals surface area contributed by atoms with E-state index in [1.165, 1.54) is 6.42 Å². The number of hydrogen-bond acceptors (Lipinski definition) is 3. The molecule has 0 aromatic carbocycles. The SMILES string of the molecule is CC(O)CCN1CCC(C)C1CN.